The Bertz CT molecular complexity index is 1100. The van der Waals surface area contributed by atoms with Crippen molar-refractivity contribution in [3.8, 4) is 0 Å². The third kappa shape index (κ3) is 7.78. The second-order valence-corrected chi connectivity index (χ2v) is 11.2. The third-order valence-electron chi connectivity index (χ3n) is 6.62. The predicted molar refractivity (Wildman–Crippen MR) is 140 cm³/mol. The minimum absolute atomic E-state index is 0.0955. The van der Waals surface area contributed by atoms with Crippen LogP contribution in [0.1, 0.15) is 51.0 Å². The molecule has 9 heteroatoms. The molecule has 1 N–H and O–H groups in total. The lowest BCUT2D eigenvalue weighted by Gasteiger charge is -2.34. The summed E-state index contributed by atoms with van der Waals surface area (Å²) in [6.07, 6.45) is 7.07. The largest absolute Gasteiger partial charge is 0.352 e. The van der Waals surface area contributed by atoms with Crippen molar-refractivity contribution >= 4 is 27.5 Å². The number of hydrogen-bond acceptors (Lipinski definition) is 4. The first-order valence-corrected chi connectivity index (χ1v) is 14.4. The Balaban J connectivity index is 1.84. The van der Waals surface area contributed by atoms with Gasteiger partial charge in [0.2, 0.25) is 21.8 Å². The number of hydrogen-bond donors (Lipinski definition) is 1. The van der Waals surface area contributed by atoms with Gasteiger partial charge in [-0.25, -0.2) is 12.8 Å². The second kappa shape index (κ2) is 12.9. The highest BCUT2D eigenvalue weighted by Gasteiger charge is 2.32. The van der Waals surface area contributed by atoms with E-state index in [1.807, 2.05) is 37.3 Å². The van der Waals surface area contributed by atoms with Gasteiger partial charge in [0, 0.05) is 12.6 Å². The van der Waals surface area contributed by atoms with Crippen LogP contribution in [0.5, 0.6) is 0 Å². The number of carbonyl (C=O) groups is 2. The number of halogens is 1. The molecule has 1 aliphatic rings. The Morgan fingerprint density at radius 2 is 1.67 bits per heavy atom. The smallest absolute Gasteiger partial charge is 0.244 e. The van der Waals surface area contributed by atoms with E-state index < -0.39 is 34.3 Å². The van der Waals surface area contributed by atoms with E-state index in [9.17, 15) is 22.4 Å². The zero-order chi connectivity index (χ0) is 26.1. The van der Waals surface area contributed by atoms with Crippen LogP contribution >= 0.6 is 0 Å². The minimum atomic E-state index is -3.84. The average molecular weight is 518 g/mol. The Kier molecular flexibility index (Phi) is 9.87. The summed E-state index contributed by atoms with van der Waals surface area (Å²) in [6, 6.07) is 14.0. The monoisotopic (exact) mass is 517 g/mol. The average Bonchev–Trinajstić information content (AvgIpc) is 2.86. The fourth-order valence-corrected chi connectivity index (χ4v) is 5.51. The predicted octanol–water partition coefficient (Wildman–Crippen LogP) is 3.89. The molecule has 0 spiro atoms. The number of nitrogens with zero attached hydrogens (tertiary/aromatic N) is 2. The number of nitrogens with one attached hydrogen (secondary N) is 1. The summed E-state index contributed by atoms with van der Waals surface area (Å²) < 4.78 is 39.5. The van der Waals surface area contributed by atoms with E-state index in [1.165, 1.54) is 17.0 Å². The van der Waals surface area contributed by atoms with E-state index in [-0.39, 0.29) is 24.2 Å². The van der Waals surface area contributed by atoms with Crippen molar-refractivity contribution in [1.29, 1.82) is 0 Å². The van der Waals surface area contributed by atoms with Gasteiger partial charge in [-0.15, -0.1) is 0 Å². The maximum absolute atomic E-state index is 13.6. The standard InChI is InChI=1S/C27H36FN3O4S/c1-3-25(27(33)29-23-12-8-5-9-13-23)30(19-18-21-10-6-4-7-11-21)26(32)20-31(36(2,34)35)24-16-14-22(28)15-17-24/h4,6-7,10-11,14-17,23,25H,3,5,8-9,12-13,18-20H2,1-2H3,(H,29,33)/t25-/m0/s1. The van der Waals surface area contributed by atoms with Crippen molar-refractivity contribution in [1.82, 2.24) is 10.2 Å². The van der Waals surface area contributed by atoms with Gasteiger partial charge in [0.15, 0.2) is 0 Å². The quantitative estimate of drug-likeness (QED) is 0.490. The lowest BCUT2D eigenvalue weighted by atomic mass is 9.95. The molecule has 0 saturated heterocycles. The van der Waals surface area contributed by atoms with Crippen molar-refractivity contribution in [2.24, 2.45) is 0 Å². The van der Waals surface area contributed by atoms with E-state index in [4.69, 9.17) is 0 Å². The number of rotatable bonds is 11. The zero-order valence-electron chi connectivity index (χ0n) is 21.0. The van der Waals surface area contributed by atoms with E-state index in [2.05, 4.69) is 5.32 Å². The number of anilines is 1. The summed E-state index contributed by atoms with van der Waals surface area (Å²) >= 11 is 0. The number of sulfonamides is 1. The molecular formula is C27H36FN3O4S. The molecule has 0 unspecified atom stereocenters. The lowest BCUT2D eigenvalue weighted by molar-refractivity contribution is -0.140. The SMILES string of the molecule is CC[C@@H](C(=O)NC1CCCCC1)N(CCc1ccccc1)C(=O)CN(c1ccc(F)cc1)S(C)(=O)=O. The van der Waals surface area contributed by atoms with E-state index in [1.54, 1.807) is 0 Å². The van der Waals surface area contributed by atoms with Crippen LogP contribution in [0.3, 0.4) is 0 Å². The molecule has 1 aliphatic carbocycles. The van der Waals surface area contributed by atoms with Gasteiger partial charge in [0.1, 0.15) is 18.4 Å². The van der Waals surface area contributed by atoms with E-state index in [0.29, 0.717) is 12.8 Å². The summed E-state index contributed by atoms with van der Waals surface area (Å²) in [5, 5.41) is 3.12. The van der Waals surface area contributed by atoms with Crippen molar-refractivity contribution in [2.45, 2.75) is 64.0 Å². The van der Waals surface area contributed by atoms with Crippen LogP contribution < -0.4 is 9.62 Å². The Hall–Kier alpha value is -2.94. The van der Waals surface area contributed by atoms with Gasteiger partial charge < -0.3 is 10.2 Å². The Morgan fingerprint density at radius 3 is 2.25 bits per heavy atom. The fourth-order valence-electron chi connectivity index (χ4n) is 4.66. The van der Waals surface area contributed by atoms with Crippen molar-refractivity contribution in [3.05, 3.63) is 66.0 Å². The Morgan fingerprint density at radius 1 is 1.03 bits per heavy atom. The molecule has 1 atom stereocenters. The number of benzene rings is 2. The van der Waals surface area contributed by atoms with E-state index in [0.717, 1.165) is 60.4 Å². The molecular weight excluding hydrogens is 481 g/mol. The number of carbonyl (C=O) groups excluding carboxylic acids is 2. The summed E-state index contributed by atoms with van der Waals surface area (Å²) in [5.74, 6) is -1.20. The highest BCUT2D eigenvalue weighted by Crippen LogP contribution is 2.21. The van der Waals surface area contributed by atoms with Crippen molar-refractivity contribution < 1.29 is 22.4 Å². The summed E-state index contributed by atoms with van der Waals surface area (Å²) in [6.45, 7) is 1.63. The van der Waals surface area contributed by atoms with Gasteiger partial charge >= 0.3 is 0 Å². The molecule has 1 saturated carbocycles. The molecule has 0 aliphatic heterocycles. The molecule has 0 heterocycles. The molecule has 1 fully saturated rings. The summed E-state index contributed by atoms with van der Waals surface area (Å²) in [4.78, 5) is 28.4. The molecule has 2 amide bonds. The first-order valence-electron chi connectivity index (χ1n) is 12.6. The fraction of sp³-hybridized carbons (Fsp3) is 0.481. The maximum atomic E-state index is 13.6. The third-order valence-corrected chi connectivity index (χ3v) is 7.76. The van der Waals surface area contributed by atoms with Crippen LogP contribution in [0, 0.1) is 5.82 Å². The number of amides is 2. The van der Waals surface area contributed by atoms with Crippen LogP contribution in [0.15, 0.2) is 54.6 Å². The van der Waals surface area contributed by atoms with Gasteiger partial charge in [-0.2, -0.15) is 0 Å². The van der Waals surface area contributed by atoms with Gasteiger partial charge in [0.05, 0.1) is 11.9 Å². The molecule has 2 aromatic carbocycles. The molecule has 2 aromatic rings. The molecule has 7 nitrogen and oxygen atoms in total. The van der Waals surface area contributed by atoms with Crippen LogP contribution in [-0.2, 0) is 26.0 Å². The Labute approximate surface area is 213 Å². The van der Waals surface area contributed by atoms with Gasteiger partial charge in [-0.3, -0.25) is 13.9 Å². The van der Waals surface area contributed by atoms with Crippen molar-refractivity contribution in [2.75, 3.05) is 23.7 Å². The topological polar surface area (TPSA) is 86.8 Å². The molecule has 0 aromatic heterocycles. The normalized spacial score (nSPS) is 15.2. The van der Waals surface area contributed by atoms with Gasteiger partial charge in [0.25, 0.3) is 0 Å². The molecule has 196 valence electrons. The highest BCUT2D eigenvalue weighted by molar-refractivity contribution is 7.92. The second-order valence-electron chi connectivity index (χ2n) is 9.34. The van der Waals surface area contributed by atoms with Crippen LogP contribution in [-0.4, -0.2) is 56.6 Å². The first kappa shape index (κ1) is 27.6. The highest BCUT2D eigenvalue weighted by atomic mass is 32.2. The zero-order valence-corrected chi connectivity index (χ0v) is 21.8. The van der Waals surface area contributed by atoms with Crippen LogP contribution in [0.4, 0.5) is 10.1 Å². The van der Waals surface area contributed by atoms with Crippen LogP contribution in [0.2, 0.25) is 0 Å². The van der Waals surface area contributed by atoms with Gasteiger partial charge in [-0.1, -0.05) is 56.5 Å². The molecule has 36 heavy (non-hydrogen) atoms. The van der Waals surface area contributed by atoms with Gasteiger partial charge in [-0.05, 0) is 55.5 Å². The van der Waals surface area contributed by atoms with Crippen LogP contribution in [0.25, 0.3) is 0 Å². The van der Waals surface area contributed by atoms with E-state index >= 15 is 0 Å². The summed E-state index contributed by atoms with van der Waals surface area (Å²) in [5.41, 5.74) is 1.20. The maximum Gasteiger partial charge on any atom is 0.244 e. The van der Waals surface area contributed by atoms with Crippen molar-refractivity contribution in [3.63, 3.8) is 0 Å². The summed E-state index contributed by atoms with van der Waals surface area (Å²) in [7, 11) is -3.84. The minimum Gasteiger partial charge on any atom is -0.352 e. The first-order chi connectivity index (χ1) is 17.2. The molecule has 0 bridgehead atoms. The molecule has 3 rings (SSSR count). The lowest BCUT2D eigenvalue weighted by Crippen LogP contribution is -2.54. The molecule has 0 radical (unpaired) electrons.